The van der Waals surface area contributed by atoms with Gasteiger partial charge >= 0.3 is 0 Å². The number of rotatable bonds is 1. The first-order valence-corrected chi connectivity index (χ1v) is 3.00. The minimum Gasteiger partial charge on any atom is -0.366 e. The van der Waals surface area contributed by atoms with Crippen LogP contribution in [-0.4, -0.2) is 19.0 Å². The molecule has 0 saturated heterocycles. The lowest BCUT2D eigenvalue weighted by atomic mass is 10.1. The van der Waals surface area contributed by atoms with E-state index in [-0.39, 0.29) is 5.91 Å². The van der Waals surface area contributed by atoms with Crippen molar-refractivity contribution in [2.45, 2.75) is 6.42 Å². The molecule has 0 unspecified atom stereocenters. The largest absolute Gasteiger partial charge is 0.366 e. The fourth-order valence-electron chi connectivity index (χ4n) is 0.846. The van der Waals surface area contributed by atoms with Gasteiger partial charge in [0.1, 0.15) is 0 Å². The van der Waals surface area contributed by atoms with Gasteiger partial charge in [-0.05, 0) is 13.0 Å². The molecule has 0 aromatic rings. The van der Waals surface area contributed by atoms with E-state index in [4.69, 9.17) is 5.73 Å². The first-order chi connectivity index (χ1) is 4.30. The second-order valence-electron chi connectivity index (χ2n) is 2.05. The maximum Gasteiger partial charge on any atom is 0.244 e. The number of carbonyl (C=O) groups excluding carboxylic acids is 1. The number of hydrogen-bond acceptors (Lipinski definition) is 2. The van der Waals surface area contributed by atoms with Crippen LogP contribution in [0.4, 0.5) is 0 Å². The summed E-state index contributed by atoms with van der Waals surface area (Å²) in [5.74, 6) is -0.281. The highest BCUT2D eigenvalue weighted by Gasteiger charge is 2.06. The first kappa shape index (κ1) is 6.29. The van der Waals surface area contributed by atoms with Crippen molar-refractivity contribution in [3.63, 3.8) is 0 Å². The number of nitrogens with two attached hydrogens (primary N) is 1. The summed E-state index contributed by atoms with van der Waals surface area (Å²) >= 11 is 0. The molecule has 0 spiro atoms. The van der Waals surface area contributed by atoms with E-state index in [1.807, 2.05) is 6.08 Å². The van der Waals surface area contributed by atoms with Crippen molar-refractivity contribution >= 4 is 5.91 Å². The van der Waals surface area contributed by atoms with E-state index in [0.29, 0.717) is 0 Å². The van der Waals surface area contributed by atoms with Crippen molar-refractivity contribution in [3.05, 3.63) is 11.6 Å². The van der Waals surface area contributed by atoms with Crippen molar-refractivity contribution in [3.8, 4) is 0 Å². The Morgan fingerprint density at radius 3 is 2.89 bits per heavy atom. The van der Waals surface area contributed by atoms with Gasteiger partial charge in [-0.3, -0.25) is 4.79 Å². The molecular formula is C6H10N2O. The van der Waals surface area contributed by atoms with E-state index in [1.165, 1.54) is 0 Å². The molecule has 9 heavy (non-hydrogen) atoms. The fourth-order valence-corrected chi connectivity index (χ4v) is 0.846. The van der Waals surface area contributed by atoms with Gasteiger partial charge in [0.2, 0.25) is 5.91 Å². The smallest absolute Gasteiger partial charge is 0.244 e. The summed E-state index contributed by atoms with van der Waals surface area (Å²) in [6, 6.07) is 0. The molecule has 1 rings (SSSR count). The van der Waals surface area contributed by atoms with Gasteiger partial charge in [0.15, 0.2) is 0 Å². The number of primary amides is 1. The van der Waals surface area contributed by atoms with Gasteiger partial charge in [0.25, 0.3) is 0 Å². The zero-order valence-electron chi connectivity index (χ0n) is 5.18. The lowest BCUT2D eigenvalue weighted by molar-refractivity contribution is -0.114. The Labute approximate surface area is 53.9 Å². The highest BCUT2D eigenvalue weighted by molar-refractivity contribution is 5.92. The summed E-state index contributed by atoms with van der Waals surface area (Å²) < 4.78 is 0. The number of nitrogens with one attached hydrogen (secondary N) is 1. The average molecular weight is 126 g/mol. The average Bonchev–Trinajstić information content (AvgIpc) is 1.90. The van der Waals surface area contributed by atoms with Crippen LogP contribution >= 0.6 is 0 Å². The van der Waals surface area contributed by atoms with Crippen LogP contribution in [-0.2, 0) is 4.79 Å². The molecule has 0 aromatic carbocycles. The van der Waals surface area contributed by atoms with Crippen molar-refractivity contribution in [1.82, 2.24) is 5.32 Å². The van der Waals surface area contributed by atoms with E-state index in [2.05, 4.69) is 5.32 Å². The highest BCUT2D eigenvalue weighted by Crippen LogP contribution is 2.01. The lowest BCUT2D eigenvalue weighted by Crippen LogP contribution is -2.26. The van der Waals surface area contributed by atoms with Crippen LogP contribution in [0.1, 0.15) is 6.42 Å². The molecule has 3 N–H and O–H groups in total. The minimum absolute atomic E-state index is 0.281. The van der Waals surface area contributed by atoms with Gasteiger partial charge in [-0.2, -0.15) is 0 Å². The third-order valence-electron chi connectivity index (χ3n) is 1.38. The molecule has 1 amide bonds. The third kappa shape index (κ3) is 1.54. The van der Waals surface area contributed by atoms with Crippen LogP contribution < -0.4 is 11.1 Å². The van der Waals surface area contributed by atoms with Gasteiger partial charge in [0, 0.05) is 12.1 Å². The summed E-state index contributed by atoms with van der Waals surface area (Å²) in [5, 5.41) is 3.09. The van der Waals surface area contributed by atoms with Crippen molar-refractivity contribution in [2.24, 2.45) is 5.73 Å². The molecule has 0 bridgehead atoms. The van der Waals surface area contributed by atoms with Crippen LogP contribution in [0.5, 0.6) is 0 Å². The fraction of sp³-hybridized carbons (Fsp3) is 0.500. The Kier molecular flexibility index (Phi) is 1.85. The molecule has 0 aliphatic carbocycles. The molecule has 1 heterocycles. The number of carbonyl (C=O) groups is 1. The molecular weight excluding hydrogens is 116 g/mol. The number of amides is 1. The van der Waals surface area contributed by atoms with E-state index in [1.54, 1.807) is 0 Å². The van der Waals surface area contributed by atoms with E-state index in [9.17, 15) is 4.79 Å². The molecule has 1 aliphatic heterocycles. The van der Waals surface area contributed by atoms with E-state index >= 15 is 0 Å². The third-order valence-corrected chi connectivity index (χ3v) is 1.38. The maximum atomic E-state index is 10.5. The molecule has 0 atom stereocenters. The Bertz CT molecular complexity index is 151. The first-order valence-electron chi connectivity index (χ1n) is 3.00. The van der Waals surface area contributed by atoms with Crippen LogP contribution in [0.25, 0.3) is 0 Å². The number of hydrogen-bond donors (Lipinski definition) is 2. The molecule has 0 aromatic heterocycles. The normalized spacial score (nSPS) is 18.9. The highest BCUT2D eigenvalue weighted by atomic mass is 16.1. The second kappa shape index (κ2) is 2.64. The zero-order chi connectivity index (χ0) is 6.69. The molecule has 0 fully saturated rings. The minimum atomic E-state index is -0.281. The van der Waals surface area contributed by atoms with Gasteiger partial charge in [-0.25, -0.2) is 0 Å². The second-order valence-corrected chi connectivity index (χ2v) is 2.05. The lowest BCUT2D eigenvalue weighted by Gasteiger charge is -2.09. The Morgan fingerprint density at radius 2 is 2.56 bits per heavy atom. The maximum absolute atomic E-state index is 10.5. The molecule has 1 aliphatic rings. The van der Waals surface area contributed by atoms with Crippen LogP contribution in [0.3, 0.4) is 0 Å². The topological polar surface area (TPSA) is 55.1 Å². The summed E-state index contributed by atoms with van der Waals surface area (Å²) in [6.07, 6.45) is 2.61. The van der Waals surface area contributed by atoms with Crippen LogP contribution in [0.2, 0.25) is 0 Å². The van der Waals surface area contributed by atoms with E-state index < -0.39 is 0 Å². The Morgan fingerprint density at radius 1 is 1.78 bits per heavy atom. The predicted octanol–water partition coefficient (Wildman–Crippen LogP) is -0.609. The van der Waals surface area contributed by atoms with E-state index in [0.717, 1.165) is 25.1 Å². The van der Waals surface area contributed by atoms with Crippen LogP contribution in [0, 0.1) is 0 Å². The summed E-state index contributed by atoms with van der Waals surface area (Å²) in [7, 11) is 0. The predicted molar refractivity (Wildman–Crippen MR) is 34.8 cm³/mol. The quantitative estimate of drug-likeness (QED) is 0.492. The van der Waals surface area contributed by atoms with Crippen molar-refractivity contribution < 1.29 is 4.79 Å². The monoisotopic (exact) mass is 126 g/mol. The Hall–Kier alpha value is -0.830. The molecule has 3 heteroatoms. The van der Waals surface area contributed by atoms with Crippen molar-refractivity contribution in [2.75, 3.05) is 13.1 Å². The summed E-state index contributed by atoms with van der Waals surface area (Å²) in [5.41, 5.74) is 5.79. The van der Waals surface area contributed by atoms with Gasteiger partial charge < -0.3 is 11.1 Å². The molecule has 50 valence electrons. The molecule has 0 saturated carbocycles. The SMILES string of the molecule is NC(=O)C1=CCNCC1. The summed E-state index contributed by atoms with van der Waals surface area (Å²) in [6.45, 7) is 1.65. The molecule has 0 radical (unpaired) electrons. The van der Waals surface area contributed by atoms with Crippen molar-refractivity contribution in [1.29, 1.82) is 0 Å². The van der Waals surface area contributed by atoms with Gasteiger partial charge in [-0.1, -0.05) is 6.08 Å². The van der Waals surface area contributed by atoms with Gasteiger partial charge in [-0.15, -0.1) is 0 Å². The zero-order valence-corrected chi connectivity index (χ0v) is 5.18. The van der Waals surface area contributed by atoms with Gasteiger partial charge in [0.05, 0.1) is 0 Å². The molecule has 3 nitrogen and oxygen atoms in total. The van der Waals surface area contributed by atoms with Crippen LogP contribution in [0.15, 0.2) is 11.6 Å². The summed E-state index contributed by atoms with van der Waals surface area (Å²) in [4.78, 5) is 10.5. The standard InChI is InChI=1S/C6H10N2O/c7-6(9)5-1-3-8-4-2-5/h1,8H,2-4H2,(H2,7,9). The Balaban J connectivity index is 2.57.